The Labute approximate surface area is 174 Å². The number of ether oxygens (including phenoxy) is 2. The lowest BCUT2D eigenvalue weighted by molar-refractivity contribution is -0.148. The van der Waals surface area contributed by atoms with Gasteiger partial charge in [-0.1, -0.05) is 32.3 Å². The number of phenols is 1. The molecule has 1 heterocycles. The topological polar surface area (TPSA) is 88.0 Å². The SMILES string of the molecule is CCCCCC(O)CC(CCc1ccc(O)c(OC2CCNCC2)c1)OC(C)=O. The maximum absolute atomic E-state index is 11.5. The second-order valence-corrected chi connectivity index (χ2v) is 8.02. The molecule has 0 bridgehead atoms. The Bertz CT molecular complexity index is 615. The molecule has 6 nitrogen and oxygen atoms in total. The van der Waals surface area contributed by atoms with Crippen LogP contribution in [0.5, 0.6) is 11.5 Å². The third-order valence-corrected chi connectivity index (χ3v) is 5.37. The minimum atomic E-state index is -0.454. The zero-order valence-corrected chi connectivity index (χ0v) is 17.9. The fourth-order valence-corrected chi connectivity index (χ4v) is 3.74. The quantitative estimate of drug-likeness (QED) is 0.362. The number of nitrogens with one attached hydrogen (secondary N) is 1. The van der Waals surface area contributed by atoms with Crippen LogP contribution in [0.2, 0.25) is 0 Å². The van der Waals surface area contributed by atoms with E-state index in [9.17, 15) is 15.0 Å². The van der Waals surface area contributed by atoms with E-state index in [1.807, 2.05) is 12.1 Å². The highest BCUT2D eigenvalue weighted by atomic mass is 16.5. The molecular formula is C23H37NO5. The standard InChI is InChI=1S/C23H37NO5/c1-3-4-5-6-19(26)16-21(28-17(2)25)9-7-18-8-10-22(27)23(15-18)29-20-11-13-24-14-12-20/h8,10,15,19-21,24,26-27H,3-7,9,11-14,16H2,1-2H3. The molecule has 0 amide bonds. The van der Waals surface area contributed by atoms with Gasteiger partial charge in [0.15, 0.2) is 11.5 Å². The van der Waals surface area contributed by atoms with Crippen LogP contribution in [0.1, 0.15) is 70.8 Å². The van der Waals surface area contributed by atoms with Crippen LogP contribution < -0.4 is 10.1 Å². The van der Waals surface area contributed by atoms with Gasteiger partial charge in [0, 0.05) is 13.3 Å². The molecule has 29 heavy (non-hydrogen) atoms. The van der Waals surface area contributed by atoms with Gasteiger partial charge >= 0.3 is 5.97 Å². The highest BCUT2D eigenvalue weighted by molar-refractivity contribution is 5.66. The van der Waals surface area contributed by atoms with Crippen LogP contribution >= 0.6 is 0 Å². The molecule has 1 aromatic carbocycles. The highest BCUT2D eigenvalue weighted by Gasteiger charge is 2.19. The summed E-state index contributed by atoms with van der Waals surface area (Å²) in [5.41, 5.74) is 1.02. The van der Waals surface area contributed by atoms with Gasteiger partial charge in [0.1, 0.15) is 12.2 Å². The number of hydrogen-bond donors (Lipinski definition) is 3. The van der Waals surface area contributed by atoms with Gasteiger partial charge in [0.25, 0.3) is 0 Å². The monoisotopic (exact) mass is 407 g/mol. The van der Waals surface area contributed by atoms with Crippen LogP contribution in [-0.2, 0) is 16.0 Å². The molecule has 164 valence electrons. The van der Waals surface area contributed by atoms with E-state index in [0.717, 1.165) is 57.2 Å². The van der Waals surface area contributed by atoms with Crippen molar-refractivity contribution in [1.29, 1.82) is 0 Å². The summed E-state index contributed by atoms with van der Waals surface area (Å²) in [4.78, 5) is 11.5. The van der Waals surface area contributed by atoms with Crippen LogP contribution in [-0.4, -0.2) is 47.6 Å². The zero-order chi connectivity index (χ0) is 21.1. The fourth-order valence-electron chi connectivity index (χ4n) is 3.74. The largest absolute Gasteiger partial charge is 0.504 e. The normalized spacial score (nSPS) is 16.9. The van der Waals surface area contributed by atoms with E-state index in [2.05, 4.69) is 12.2 Å². The lowest BCUT2D eigenvalue weighted by atomic mass is 9.99. The molecule has 2 rings (SSSR count). The van der Waals surface area contributed by atoms with E-state index in [1.54, 1.807) is 6.07 Å². The number of aryl methyl sites for hydroxylation is 1. The molecule has 1 aliphatic heterocycles. The minimum Gasteiger partial charge on any atom is -0.504 e. The van der Waals surface area contributed by atoms with Crippen molar-refractivity contribution in [3.05, 3.63) is 23.8 Å². The molecule has 2 atom stereocenters. The van der Waals surface area contributed by atoms with Crippen molar-refractivity contribution >= 4 is 5.97 Å². The molecule has 6 heteroatoms. The fraction of sp³-hybridized carbons (Fsp3) is 0.696. The molecule has 3 N–H and O–H groups in total. The summed E-state index contributed by atoms with van der Waals surface area (Å²) in [6.45, 7) is 5.39. The van der Waals surface area contributed by atoms with Gasteiger partial charge in [-0.25, -0.2) is 0 Å². The van der Waals surface area contributed by atoms with Gasteiger partial charge in [-0.3, -0.25) is 4.79 Å². The van der Waals surface area contributed by atoms with E-state index < -0.39 is 6.10 Å². The first kappa shape index (κ1) is 23.5. The Morgan fingerprint density at radius 2 is 2.00 bits per heavy atom. The second kappa shape index (κ2) is 12.7. The van der Waals surface area contributed by atoms with Gasteiger partial charge in [0.2, 0.25) is 0 Å². The number of benzene rings is 1. The average molecular weight is 408 g/mol. The molecule has 1 fully saturated rings. The number of phenolic OH excluding ortho intramolecular Hbond substituents is 1. The molecule has 0 radical (unpaired) electrons. The number of hydrogen-bond acceptors (Lipinski definition) is 6. The molecule has 1 aliphatic rings. The molecule has 0 aliphatic carbocycles. The van der Waals surface area contributed by atoms with Gasteiger partial charge < -0.3 is 25.0 Å². The molecule has 0 saturated carbocycles. The summed E-state index contributed by atoms with van der Waals surface area (Å²) in [6.07, 6.45) is 6.90. The van der Waals surface area contributed by atoms with Crippen molar-refractivity contribution in [3.63, 3.8) is 0 Å². The molecule has 0 aromatic heterocycles. The number of carbonyl (C=O) groups excluding carboxylic acids is 1. The van der Waals surface area contributed by atoms with E-state index >= 15 is 0 Å². The smallest absolute Gasteiger partial charge is 0.302 e. The van der Waals surface area contributed by atoms with E-state index in [0.29, 0.717) is 25.0 Å². The third kappa shape index (κ3) is 9.05. The molecular weight excluding hydrogens is 370 g/mol. The van der Waals surface area contributed by atoms with Crippen molar-refractivity contribution in [1.82, 2.24) is 5.32 Å². The van der Waals surface area contributed by atoms with Crippen molar-refractivity contribution in [2.45, 2.75) is 89.9 Å². The summed E-state index contributed by atoms with van der Waals surface area (Å²) in [7, 11) is 0. The van der Waals surface area contributed by atoms with Crippen LogP contribution in [0.4, 0.5) is 0 Å². The molecule has 0 spiro atoms. The number of esters is 1. The summed E-state index contributed by atoms with van der Waals surface area (Å²) in [5.74, 6) is 0.338. The molecule has 2 unspecified atom stereocenters. The number of aliphatic hydroxyl groups excluding tert-OH is 1. The van der Waals surface area contributed by atoms with Crippen LogP contribution in [0.25, 0.3) is 0 Å². The average Bonchev–Trinajstić information content (AvgIpc) is 2.69. The van der Waals surface area contributed by atoms with Crippen LogP contribution in [0, 0.1) is 0 Å². The maximum Gasteiger partial charge on any atom is 0.302 e. The Morgan fingerprint density at radius 1 is 1.24 bits per heavy atom. The van der Waals surface area contributed by atoms with Gasteiger partial charge in [-0.05, 0) is 62.9 Å². The number of carbonyl (C=O) groups is 1. The van der Waals surface area contributed by atoms with E-state index in [1.165, 1.54) is 6.92 Å². The number of piperidine rings is 1. The molecule has 1 saturated heterocycles. The summed E-state index contributed by atoms with van der Waals surface area (Å²) in [5, 5.41) is 23.7. The number of aromatic hydroxyl groups is 1. The number of unbranched alkanes of at least 4 members (excludes halogenated alkanes) is 2. The van der Waals surface area contributed by atoms with E-state index in [-0.39, 0.29) is 23.9 Å². The van der Waals surface area contributed by atoms with Crippen molar-refractivity contribution in [3.8, 4) is 11.5 Å². The summed E-state index contributed by atoms with van der Waals surface area (Å²) < 4.78 is 11.4. The Kier molecular flexibility index (Phi) is 10.3. The predicted octanol–water partition coefficient (Wildman–Crippen LogP) is 3.72. The Morgan fingerprint density at radius 3 is 2.69 bits per heavy atom. The third-order valence-electron chi connectivity index (χ3n) is 5.37. The number of rotatable bonds is 12. The highest BCUT2D eigenvalue weighted by Crippen LogP contribution is 2.30. The van der Waals surface area contributed by atoms with Gasteiger partial charge in [0.05, 0.1) is 6.10 Å². The Balaban J connectivity index is 1.91. The zero-order valence-electron chi connectivity index (χ0n) is 17.9. The van der Waals surface area contributed by atoms with Crippen LogP contribution in [0.3, 0.4) is 0 Å². The number of aliphatic hydroxyl groups is 1. The first-order valence-electron chi connectivity index (χ1n) is 11.0. The lowest BCUT2D eigenvalue weighted by Gasteiger charge is -2.24. The Hall–Kier alpha value is -1.79. The van der Waals surface area contributed by atoms with Crippen LogP contribution in [0.15, 0.2) is 18.2 Å². The van der Waals surface area contributed by atoms with Crippen molar-refractivity contribution in [2.75, 3.05) is 13.1 Å². The first-order chi connectivity index (χ1) is 14.0. The van der Waals surface area contributed by atoms with E-state index in [4.69, 9.17) is 9.47 Å². The second-order valence-electron chi connectivity index (χ2n) is 8.02. The van der Waals surface area contributed by atoms with Gasteiger partial charge in [-0.15, -0.1) is 0 Å². The summed E-state index contributed by atoms with van der Waals surface area (Å²) >= 11 is 0. The van der Waals surface area contributed by atoms with Crippen molar-refractivity contribution < 1.29 is 24.5 Å². The van der Waals surface area contributed by atoms with Crippen molar-refractivity contribution in [2.24, 2.45) is 0 Å². The maximum atomic E-state index is 11.5. The summed E-state index contributed by atoms with van der Waals surface area (Å²) in [6, 6.07) is 5.40. The molecule has 1 aromatic rings. The van der Waals surface area contributed by atoms with Gasteiger partial charge in [-0.2, -0.15) is 0 Å². The lowest BCUT2D eigenvalue weighted by Crippen LogP contribution is -2.34. The minimum absolute atomic E-state index is 0.115. The first-order valence-corrected chi connectivity index (χ1v) is 11.0. The predicted molar refractivity (Wildman–Crippen MR) is 113 cm³/mol.